The molecule has 0 aliphatic rings. The molecule has 0 fully saturated rings. The molecular weight excluding hydrogens is 218 g/mol. The third kappa shape index (κ3) is 4.98. The molecular formula is C7H15N5O4. The molecule has 0 amide bonds. The third-order valence-electron chi connectivity index (χ3n) is 1.92. The molecule has 0 radical (unpaired) electrons. The van der Waals surface area contributed by atoms with Gasteiger partial charge >= 0.3 is 5.97 Å². The minimum absolute atomic E-state index is 0.0884. The zero-order valence-electron chi connectivity index (χ0n) is 8.87. The summed E-state index contributed by atoms with van der Waals surface area (Å²) < 4.78 is 0. The SMILES string of the molecule is CN([C@@H](CCCN=C(N)N)C(=O)O)[N+](=O)[O-]. The maximum atomic E-state index is 10.7. The Labute approximate surface area is 91.8 Å². The van der Waals surface area contributed by atoms with Crippen LogP contribution < -0.4 is 11.5 Å². The number of hydrogen-bond donors (Lipinski definition) is 3. The van der Waals surface area contributed by atoms with Crippen LogP contribution in [-0.2, 0) is 4.79 Å². The number of nitrogens with zero attached hydrogens (tertiary/aromatic N) is 3. The summed E-state index contributed by atoms with van der Waals surface area (Å²) in [6, 6.07) is -1.18. The molecule has 0 saturated heterocycles. The number of nitro groups is 1. The van der Waals surface area contributed by atoms with Crippen molar-refractivity contribution >= 4 is 11.9 Å². The Bertz CT molecular complexity index is 289. The first-order valence-electron chi connectivity index (χ1n) is 4.51. The second kappa shape index (κ2) is 6.43. The van der Waals surface area contributed by atoms with E-state index in [1.165, 1.54) is 0 Å². The summed E-state index contributed by atoms with van der Waals surface area (Å²) in [5, 5.41) is 18.9. The summed E-state index contributed by atoms with van der Waals surface area (Å²) in [5.74, 6) is -1.33. The van der Waals surface area contributed by atoms with Crippen molar-refractivity contribution in [3.63, 3.8) is 0 Å². The number of rotatable bonds is 7. The fourth-order valence-electron chi connectivity index (χ4n) is 1.08. The van der Waals surface area contributed by atoms with Crippen molar-refractivity contribution in [1.82, 2.24) is 5.01 Å². The lowest BCUT2D eigenvalue weighted by atomic mass is 10.1. The van der Waals surface area contributed by atoms with E-state index >= 15 is 0 Å². The summed E-state index contributed by atoms with van der Waals surface area (Å²) in [6.07, 6.45) is 0.455. The number of hydrogen-bond acceptors (Lipinski definition) is 4. The Kier molecular flexibility index (Phi) is 5.60. The fraction of sp³-hybridized carbons (Fsp3) is 0.714. The number of hydrazine groups is 1. The molecule has 0 rings (SSSR count). The Hall–Kier alpha value is -2.06. The summed E-state index contributed by atoms with van der Waals surface area (Å²) in [7, 11) is 1.11. The highest BCUT2D eigenvalue weighted by molar-refractivity contribution is 5.75. The molecule has 0 aliphatic carbocycles. The number of carboxylic acids is 1. The van der Waals surface area contributed by atoms with E-state index in [0.29, 0.717) is 11.4 Å². The molecule has 1 atom stereocenters. The third-order valence-corrected chi connectivity index (χ3v) is 1.92. The van der Waals surface area contributed by atoms with Crippen molar-refractivity contribution in [2.45, 2.75) is 18.9 Å². The van der Waals surface area contributed by atoms with Crippen LogP contribution in [0.4, 0.5) is 0 Å². The number of aliphatic carboxylic acids is 1. The Morgan fingerprint density at radius 1 is 1.62 bits per heavy atom. The van der Waals surface area contributed by atoms with Gasteiger partial charge in [0.2, 0.25) is 0 Å². The molecule has 5 N–H and O–H groups in total. The summed E-state index contributed by atoms with van der Waals surface area (Å²) in [5.41, 5.74) is 10.1. The van der Waals surface area contributed by atoms with Gasteiger partial charge in [0.1, 0.15) is 0 Å². The summed E-state index contributed by atoms with van der Waals surface area (Å²) in [6.45, 7) is 0.248. The molecule has 0 aromatic rings. The summed E-state index contributed by atoms with van der Waals surface area (Å²) in [4.78, 5) is 24.8. The first kappa shape index (κ1) is 13.9. The highest BCUT2D eigenvalue weighted by Crippen LogP contribution is 2.05. The average Bonchev–Trinajstić information content (AvgIpc) is 2.15. The van der Waals surface area contributed by atoms with Gasteiger partial charge in [0.05, 0.1) is 7.05 Å². The van der Waals surface area contributed by atoms with E-state index in [4.69, 9.17) is 16.6 Å². The largest absolute Gasteiger partial charge is 0.480 e. The second-order valence-corrected chi connectivity index (χ2v) is 3.11. The van der Waals surface area contributed by atoms with E-state index in [9.17, 15) is 14.9 Å². The first-order valence-corrected chi connectivity index (χ1v) is 4.51. The lowest BCUT2D eigenvalue weighted by molar-refractivity contribution is -0.654. The van der Waals surface area contributed by atoms with Crippen LogP contribution in [0.25, 0.3) is 0 Å². The van der Waals surface area contributed by atoms with Crippen molar-refractivity contribution in [2.24, 2.45) is 16.5 Å². The molecule has 0 saturated carbocycles. The van der Waals surface area contributed by atoms with Crippen LogP contribution in [0.2, 0.25) is 0 Å². The van der Waals surface area contributed by atoms with Crippen LogP contribution in [0.1, 0.15) is 12.8 Å². The molecule has 0 unspecified atom stereocenters. The van der Waals surface area contributed by atoms with Gasteiger partial charge in [-0.15, -0.1) is 5.01 Å². The predicted molar refractivity (Wildman–Crippen MR) is 56.1 cm³/mol. The van der Waals surface area contributed by atoms with E-state index < -0.39 is 17.0 Å². The van der Waals surface area contributed by atoms with Crippen LogP contribution in [0.3, 0.4) is 0 Å². The first-order chi connectivity index (χ1) is 7.36. The van der Waals surface area contributed by atoms with Gasteiger partial charge in [0.25, 0.3) is 0 Å². The lowest BCUT2D eigenvalue weighted by Gasteiger charge is -2.16. The molecule has 9 heteroatoms. The van der Waals surface area contributed by atoms with Gasteiger partial charge in [-0.05, 0) is 12.8 Å². The predicted octanol–water partition coefficient (Wildman–Crippen LogP) is -1.38. The monoisotopic (exact) mass is 233 g/mol. The molecule has 0 heterocycles. The molecule has 16 heavy (non-hydrogen) atoms. The number of carbonyl (C=O) groups is 1. The van der Waals surface area contributed by atoms with Crippen LogP contribution in [0.15, 0.2) is 4.99 Å². The van der Waals surface area contributed by atoms with Gasteiger partial charge in [-0.1, -0.05) is 0 Å². The maximum absolute atomic E-state index is 10.7. The standard InChI is InChI=1S/C7H15N5O4/c1-11(12(15)16)5(6(13)14)3-2-4-10-7(8)9/h5H,2-4H2,1H3,(H,13,14)(H4,8,9,10)/t5-/m0/s1. The van der Waals surface area contributed by atoms with Gasteiger partial charge < -0.3 is 16.6 Å². The Balaban J connectivity index is 4.20. The Morgan fingerprint density at radius 2 is 2.19 bits per heavy atom. The molecule has 0 aromatic carbocycles. The van der Waals surface area contributed by atoms with E-state index in [-0.39, 0.29) is 18.9 Å². The van der Waals surface area contributed by atoms with Gasteiger partial charge in [0, 0.05) is 6.54 Å². The van der Waals surface area contributed by atoms with Crippen LogP contribution in [0.5, 0.6) is 0 Å². The van der Waals surface area contributed by atoms with Crippen molar-refractivity contribution in [3.05, 3.63) is 10.1 Å². The van der Waals surface area contributed by atoms with Gasteiger partial charge in [-0.25, -0.2) is 14.9 Å². The summed E-state index contributed by atoms with van der Waals surface area (Å²) >= 11 is 0. The number of carboxylic acid groups (broad SMARTS) is 1. The fourth-order valence-corrected chi connectivity index (χ4v) is 1.08. The molecule has 0 aliphatic heterocycles. The zero-order chi connectivity index (χ0) is 12.7. The second-order valence-electron chi connectivity index (χ2n) is 3.11. The average molecular weight is 233 g/mol. The van der Waals surface area contributed by atoms with Gasteiger partial charge in [0.15, 0.2) is 17.0 Å². The molecule has 0 spiro atoms. The van der Waals surface area contributed by atoms with E-state index in [1.807, 2.05) is 0 Å². The van der Waals surface area contributed by atoms with Crippen LogP contribution in [-0.4, -0.2) is 46.7 Å². The van der Waals surface area contributed by atoms with Crippen molar-refractivity contribution in [3.8, 4) is 0 Å². The van der Waals surface area contributed by atoms with Gasteiger partial charge in [-0.3, -0.25) is 4.99 Å². The van der Waals surface area contributed by atoms with E-state index in [0.717, 1.165) is 7.05 Å². The minimum Gasteiger partial charge on any atom is -0.480 e. The lowest BCUT2D eigenvalue weighted by Crippen LogP contribution is -2.42. The molecule has 9 nitrogen and oxygen atoms in total. The molecule has 92 valence electrons. The number of nitrogens with two attached hydrogens (primary N) is 2. The van der Waals surface area contributed by atoms with Crippen LogP contribution >= 0.6 is 0 Å². The normalized spacial score (nSPS) is 11.6. The van der Waals surface area contributed by atoms with Crippen molar-refractivity contribution < 1.29 is 14.9 Å². The highest BCUT2D eigenvalue weighted by Gasteiger charge is 2.28. The zero-order valence-corrected chi connectivity index (χ0v) is 8.87. The maximum Gasteiger partial charge on any atom is 0.332 e. The van der Waals surface area contributed by atoms with Crippen molar-refractivity contribution in [2.75, 3.05) is 13.6 Å². The smallest absolute Gasteiger partial charge is 0.332 e. The van der Waals surface area contributed by atoms with Gasteiger partial charge in [-0.2, -0.15) is 0 Å². The minimum atomic E-state index is -1.25. The van der Waals surface area contributed by atoms with Crippen LogP contribution in [0, 0.1) is 10.1 Å². The Morgan fingerprint density at radius 3 is 2.56 bits per heavy atom. The quantitative estimate of drug-likeness (QED) is 0.161. The highest BCUT2D eigenvalue weighted by atomic mass is 16.7. The van der Waals surface area contributed by atoms with Crippen molar-refractivity contribution in [1.29, 1.82) is 0 Å². The van der Waals surface area contributed by atoms with E-state index in [1.54, 1.807) is 0 Å². The number of likely N-dealkylation sites (N-methyl/N-ethyl adjacent to an activating group) is 1. The number of guanidine groups is 1. The molecule has 0 bridgehead atoms. The topological polar surface area (TPSA) is 148 Å². The number of aliphatic imine (C=N–C) groups is 1. The molecule has 0 aromatic heterocycles. The van der Waals surface area contributed by atoms with E-state index in [2.05, 4.69) is 4.99 Å².